The molecule has 3 atom stereocenters. The predicted octanol–water partition coefficient (Wildman–Crippen LogP) is 2.17. The molecule has 0 spiro atoms. The second-order valence-electron chi connectivity index (χ2n) is 6.82. The monoisotopic (exact) mass is 289 g/mol. The van der Waals surface area contributed by atoms with Crippen LogP contribution in [-0.4, -0.2) is 47.3 Å². The lowest BCUT2D eigenvalue weighted by Gasteiger charge is -2.31. The summed E-state index contributed by atoms with van der Waals surface area (Å²) in [6.45, 7) is 1.70. The van der Waals surface area contributed by atoms with Crippen molar-refractivity contribution in [1.29, 1.82) is 0 Å². The molecule has 1 aliphatic heterocycles. The molecular formula is C16H23N3O2. The predicted molar refractivity (Wildman–Crippen MR) is 78.1 cm³/mol. The van der Waals surface area contributed by atoms with E-state index in [4.69, 9.17) is 4.74 Å². The number of methoxy groups -OCH3 is 1. The number of aromatic nitrogens is 2. The molecule has 0 aromatic carbocycles. The first-order chi connectivity index (χ1) is 10.3. The molecule has 1 N–H and O–H groups in total. The largest absolute Gasteiger partial charge is 0.381 e. The van der Waals surface area contributed by atoms with Gasteiger partial charge in [0.15, 0.2) is 0 Å². The van der Waals surface area contributed by atoms with Crippen LogP contribution in [0.25, 0.3) is 0 Å². The molecule has 0 radical (unpaired) electrons. The average Bonchev–Trinajstić information content (AvgIpc) is 3.08. The van der Waals surface area contributed by atoms with Gasteiger partial charge < -0.3 is 9.64 Å². The fourth-order valence-electron chi connectivity index (χ4n) is 4.09. The Balaban J connectivity index is 1.47. The maximum Gasteiger partial charge on any atom is 0.274 e. The van der Waals surface area contributed by atoms with Crippen LogP contribution in [0.5, 0.6) is 0 Å². The molecule has 0 bridgehead atoms. The Kier molecular flexibility index (Phi) is 3.25. The van der Waals surface area contributed by atoms with Crippen molar-refractivity contribution in [3.8, 4) is 0 Å². The number of rotatable bonds is 3. The van der Waals surface area contributed by atoms with Crippen LogP contribution in [0.1, 0.15) is 54.2 Å². The van der Waals surface area contributed by atoms with E-state index in [0.717, 1.165) is 25.2 Å². The van der Waals surface area contributed by atoms with Gasteiger partial charge in [0.1, 0.15) is 5.69 Å². The van der Waals surface area contributed by atoms with Gasteiger partial charge in [-0.25, -0.2) is 0 Å². The van der Waals surface area contributed by atoms with E-state index < -0.39 is 0 Å². The molecule has 5 nitrogen and oxygen atoms in total. The van der Waals surface area contributed by atoms with Crippen LogP contribution >= 0.6 is 0 Å². The van der Waals surface area contributed by atoms with Crippen LogP contribution in [0.2, 0.25) is 0 Å². The number of nitrogens with zero attached hydrogens (tertiary/aromatic N) is 2. The van der Waals surface area contributed by atoms with Gasteiger partial charge in [0, 0.05) is 37.7 Å². The van der Waals surface area contributed by atoms with Crippen molar-refractivity contribution in [1.82, 2.24) is 15.1 Å². The van der Waals surface area contributed by atoms with Crippen molar-refractivity contribution in [3.63, 3.8) is 0 Å². The number of H-pyrrole nitrogens is 1. The summed E-state index contributed by atoms with van der Waals surface area (Å²) in [5.74, 6) is 1.81. The van der Waals surface area contributed by atoms with Crippen LogP contribution in [0, 0.1) is 11.8 Å². The summed E-state index contributed by atoms with van der Waals surface area (Å²) in [5, 5.41) is 7.26. The maximum atomic E-state index is 12.6. The van der Waals surface area contributed by atoms with E-state index in [0.29, 0.717) is 29.6 Å². The van der Waals surface area contributed by atoms with Crippen LogP contribution in [-0.2, 0) is 4.74 Å². The van der Waals surface area contributed by atoms with Crippen LogP contribution in [0.3, 0.4) is 0 Å². The first kappa shape index (κ1) is 13.3. The van der Waals surface area contributed by atoms with E-state index in [1.807, 2.05) is 11.0 Å². The summed E-state index contributed by atoms with van der Waals surface area (Å²) in [4.78, 5) is 14.6. The molecule has 1 saturated heterocycles. The standard InChI is InChI=1S/C16H23N3O2/c1-21-15-4-2-3-11-8-19(9-12(11)15)16(20)14-7-13(17-18-14)10-5-6-10/h7,10-12,15H,2-6,8-9H2,1H3,(H,17,18)/t11-,12+,15-/m1/s1. The Bertz CT molecular complexity index is 537. The zero-order chi connectivity index (χ0) is 14.4. The third-order valence-corrected chi connectivity index (χ3v) is 5.46. The Morgan fingerprint density at radius 2 is 2.19 bits per heavy atom. The van der Waals surface area contributed by atoms with E-state index >= 15 is 0 Å². The highest BCUT2D eigenvalue weighted by Gasteiger charge is 2.42. The van der Waals surface area contributed by atoms with E-state index in [9.17, 15) is 4.79 Å². The van der Waals surface area contributed by atoms with Crippen molar-refractivity contribution < 1.29 is 9.53 Å². The molecule has 5 heteroatoms. The molecule has 1 aromatic rings. The van der Waals surface area contributed by atoms with E-state index in [1.54, 1.807) is 7.11 Å². The second-order valence-corrected chi connectivity index (χ2v) is 6.82. The smallest absolute Gasteiger partial charge is 0.274 e. The zero-order valence-electron chi connectivity index (χ0n) is 12.5. The number of carbonyl (C=O) groups excluding carboxylic acids is 1. The second kappa shape index (κ2) is 5.13. The average molecular weight is 289 g/mol. The van der Waals surface area contributed by atoms with Gasteiger partial charge in [-0.1, -0.05) is 6.42 Å². The first-order valence-electron chi connectivity index (χ1n) is 8.13. The molecule has 21 heavy (non-hydrogen) atoms. The maximum absolute atomic E-state index is 12.6. The highest BCUT2D eigenvalue weighted by Crippen LogP contribution is 2.40. The van der Waals surface area contributed by atoms with Gasteiger partial charge in [-0.05, 0) is 37.7 Å². The number of hydrogen-bond donors (Lipinski definition) is 1. The molecule has 1 amide bonds. The lowest BCUT2D eigenvalue weighted by atomic mass is 9.79. The molecule has 3 aliphatic rings. The number of likely N-dealkylation sites (tertiary alicyclic amines) is 1. The lowest BCUT2D eigenvalue weighted by Crippen LogP contribution is -2.33. The van der Waals surface area contributed by atoms with Crippen molar-refractivity contribution >= 4 is 5.91 Å². The van der Waals surface area contributed by atoms with Gasteiger partial charge in [0.05, 0.1) is 6.10 Å². The molecule has 1 aromatic heterocycles. The summed E-state index contributed by atoms with van der Waals surface area (Å²) < 4.78 is 5.62. The number of ether oxygens (including phenoxy) is 1. The van der Waals surface area contributed by atoms with E-state index in [2.05, 4.69) is 10.2 Å². The number of aromatic amines is 1. The normalized spacial score (nSPS) is 32.2. The minimum atomic E-state index is 0.0856. The minimum Gasteiger partial charge on any atom is -0.381 e. The van der Waals surface area contributed by atoms with Crippen LogP contribution in [0.4, 0.5) is 0 Å². The Morgan fingerprint density at radius 1 is 1.33 bits per heavy atom. The number of carbonyl (C=O) groups is 1. The first-order valence-corrected chi connectivity index (χ1v) is 8.13. The van der Waals surface area contributed by atoms with Gasteiger partial charge in [0.2, 0.25) is 0 Å². The van der Waals surface area contributed by atoms with Crippen molar-refractivity contribution in [2.24, 2.45) is 11.8 Å². The summed E-state index contributed by atoms with van der Waals surface area (Å²) in [6.07, 6.45) is 6.34. The van der Waals surface area contributed by atoms with E-state index in [-0.39, 0.29) is 5.91 Å². The minimum absolute atomic E-state index is 0.0856. The van der Waals surface area contributed by atoms with Crippen LogP contribution in [0.15, 0.2) is 6.07 Å². The van der Waals surface area contributed by atoms with Crippen molar-refractivity contribution in [2.45, 2.75) is 44.1 Å². The van der Waals surface area contributed by atoms with Crippen LogP contribution < -0.4 is 0 Å². The number of fused-ring (bicyclic) bond motifs is 1. The van der Waals surface area contributed by atoms with Crippen molar-refractivity contribution in [2.75, 3.05) is 20.2 Å². The molecule has 0 unspecified atom stereocenters. The quantitative estimate of drug-likeness (QED) is 0.928. The Morgan fingerprint density at radius 3 is 2.95 bits per heavy atom. The summed E-state index contributed by atoms with van der Waals surface area (Å²) in [5.41, 5.74) is 1.72. The summed E-state index contributed by atoms with van der Waals surface area (Å²) in [6, 6.07) is 1.95. The molecule has 2 aliphatic carbocycles. The third kappa shape index (κ3) is 2.37. The Labute approximate surface area is 125 Å². The van der Waals surface area contributed by atoms with Gasteiger partial charge in [-0.3, -0.25) is 9.89 Å². The third-order valence-electron chi connectivity index (χ3n) is 5.46. The SMILES string of the molecule is CO[C@@H]1CCC[C@@H]2CN(C(=O)c3cc(C4CC4)[nH]n3)C[C@@H]21. The highest BCUT2D eigenvalue weighted by atomic mass is 16.5. The van der Waals surface area contributed by atoms with Gasteiger partial charge >= 0.3 is 0 Å². The number of hydrogen-bond acceptors (Lipinski definition) is 3. The topological polar surface area (TPSA) is 58.2 Å². The molecular weight excluding hydrogens is 266 g/mol. The molecule has 2 heterocycles. The van der Waals surface area contributed by atoms with Gasteiger partial charge in [-0.15, -0.1) is 0 Å². The summed E-state index contributed by atoms with van der Waals surface area (Å²) >= 11 is 0. The van der Waals surface area contributed by atoms with Crippen molar-refractivity contribution in [3.05, 3.63) is 17.5 Å². The lowest BCUT2D eigenvalue weighted by molar-refractivity contribution is 0.0126. The molecule has 4 rings (SSSR count). The Hall–Kier alpha value is -1.36. The van der Waals surface area contributed by atoms with E-state index in [1.165, 1.54) is 25.7 Å². The molecule has 2 saturated carbocycles. The van der Waals surface area contributed by atoms with Gasteiger partial charge in [-0.2, -0.15) is 5.10 Å². The fourth-order valence-corrected chi connectivity index (χ4v) is 4.09. The summed E-state index contributed by atoms with van der Waals surface area (Å²) in [7, 11) is 1.80. The van der Waals surface area contributed by atoms with Gasteiger partial charge in [0.25, 0.3) is 5.91 Å². The highest BCUT2D eigenvalue weighted by molar-refractivity contribution is 5.92. The number of amides is 1. The molecule has 3 fully saturated rings. The fraction of sp³-hybridized carbons (Fsp3) is 0.750. The number of nitrogens with one attached hydrogen (secondary N) is 1. The molecule has 114 valence electrons. The zero-order valence-corrected chi connectivity index (χ0v) is 12.5.